The fraction of sp³-hybridized carbons (Fsp3) is 0.0833. The average molecular weight is 322 g/mol. The molecule has 0 amide bonds. The Labute approximate surface area is 125 Å². The lowest BCUT2D eigenvalue weighted by Gasteiger charge is -2.10. The quantitative estimate of drug-likeness (QED) is 0.575. The summed E-state index contributed by atoms with van der Waals surface area (Å²) in [7, 11) is 0. The van der Waals surface area contributed by atoms with Crippen molar-refractivity contribution in [1.82, 2.24) is 4.98 Å². The van der Waals surface area contributed by atoms with Gasteiger partial charge in [-0.25, -0.2) is 0 Å². The van der Waals surface area contributed by atoms with Crippen molar-refractivity contribution in [3.8, 4) is 11.3 Å². The third-order valence-electron chi connectivity index (χ3n) is 2.52. The highest BCUT2D eigenvalue weighted by molar-refractivity contribution is 6.51. The van der Waals surface area contributed by atoms with E-state index in [0.717, 1.165) is 5.56 Å². The molecule has 1 aromatic heterocycles. The maximum absolute atomic E-state index is 6.16. The van der Waals surface area contributed by atoms with Gasteiger partial charge in [0.25, 0.3) is 0 Å². The zero-order valence-electron chi connectivity index (χ0n) is 9.27. The fourth-order valence-corrected chi connectivity index (χ4v) is 2.61. The molecule has 6 heteroatoms. The van der Waals surface area contributed by atoms with Crippen LogP contribution in [-0.2, 0) is 0 Å². The van der Waals surface area contributed by atoms with Gasteiger partial charge in [0, 0.05) is 5.56 Å². The van der Waals surface area contributed by atoms with Crippen LogP contribution in [0.5, 0.6) is 0 Å². The van der Waals surface area contributed by atoms with Gasteiger partial charge in [-0.2, -0.15) is 0 Å². The molecule has 2 nitrogen and oxygen atoms in total. The maximum Gasteiger partial charge on any atom is 0.0786 e. The van der Waals surface area contributed by atoms with Crippen LogP contribution in [0.1, 0.15) is 5.56 Å². The van der Waals surface area contributed by atoms with Crippen LogP contribution in [0.25, 0.3) is 11.3 Å². The number of nitrogen functional groups attached to an aromatic ring is 1. The predicted octanol–water partition coefficient (Wildman–Crippen LogP) is 5.25. The molecular weight excluding hydrogens is 314 g/mol. The monoisotopic (exact) mass is 320 g/mol. The molecule has 2 rings (SSSR count). The van der Waals surface area contributed by atoms with Crippen LogP contribution < -0.4 is 5.73 Å². The number of nitrogens with two attached hydrogens (primary N) is 1. The molecule has 0 fully saturated rings. The maximum atomic E-state index is 6.16. The Hall–Kier alpha value is -0.670. The van der Waals surface area contributed by atoms with Gasteiger partial charge in [0.1, 0.15) is 0 Å². The van der Waals surface area contributed by atoms with E-state index in [1.807, 2.05) is 6.92 Å². The summed E-state index contributed by atoms with van der Waals surface area (Å²) >= 11 is 24.2. The van der Waals surface area contributed by atoms with Gasteiger partial charge in [-0.3, -0.25) is 4.98 Å². The van der Waals surface area contributed by atoms with E-state index in [4.69, 9.17) is 52.1 Å². The standard InChI is InChI=1S/C12H8Cl4N2/c1-5-2-9(18-4-8(5)17)10-6(13)3-7(14)11(15)12(10)16/h2-4H,17H2,1H3. The smallest absolute Gasteiger partial charge is 0.0786 e. The topological polar surface area (TPSA) is 38.9 Å². The Morgan fingerprint density at radius 1 is 1.00 bits per heavy atom. The highest BCUT2D eigenvalue weighted by atomic mass is 35.5. The highest BCUT2D eigenvalue weighted by Crippen LogP contribution is 2.42. The van der Waals surface area contributed by atoms with Gasteiger partial charge in [-0.15, -0.1) is 0 Å². The molecule has 0 bridgehead atoms. The number of rotatable bonds is 1. The van der Waals surface area contributed by atoms with Gasteiger partial charge in [-0.05, 0) is 24.6 Å². The zero-order valence-corrected chi connectivity index (χ0v) is 12.3. The normalized spacial score (nSPS) is 10.7. The number of hydrogen-bond donors (Lipinski definition) is 1. The van der Waals surface area contributed by atoms with Crippen LogP contribution in [0.3, 0.4) is 0 Å². The molecular formula is C12H8Cl4N2. The molecule has 0 aliphatic carbocycles. The Morgan fingerprint density at radius 2 is 1.67 bits per heavy atom. The molecule has 0 radical (unpaired) electrons. The highest BCUT2D eigenvalue weighted by Gasteiger charge is 2.16. The first-order valence-corrected chi connectivity index (χ1v) is 6.48. The lowest BCUT2D eigenvalue weighted by atomic mass is 10.1. The molecule has 1 aromatic carbocycles. The van der Waals surface area contributed by atoms with Crippen LogP contribution in [-0.4, -0.2) is 4.98 Å². The third kappa shape index (κ3) is 2.39. The van der Waals surface area contributed by atoms with Crippen molar-refractivity contribution in [2.75, 3.05) is 5.73 Å². The van der Waals surface area contributed by atoms with E-state index in [-0.39, 0.29) is 10.0 Å². The van der Waals surface area contributed by atoms with Gasteiger partial charge < -0.3 is 5.73 Å². The number of halogens is 4. The van der Waals surface area contributed by atoms with Crippen LogP contribution in [0.2, 0.25) is 20.1 Å². The summed E-state index contributed by atoms with van der Waals surface area (Å²) in [6.07, 6.45) is 1.56. The van der Waals surface area contributed by atoms with Crippen LogP contribution in [0.15, 0.2) is 18.3 Å². The molecule has 0 aliphatic rings. The van der Waals surface area contributed by atoms with Crippen LogP contribution >= 0.6 is 46.4 Å². The van der Waals surface area contributed by atoms with E-state index in [2.05, 4.69) is 4.98 Å². The number of aryl methyl sites for hydroxylation is 1. The molecule has 0 unspecified atom stereocenters. The summed E-state index contributed by atoms with van der Waals surface area (Å²) in [5.74, 6) is 0. The van der Waals surface area contributed by atoms with E-state index in [1.54, 1.807) is 18.3 Å². The second kappa shape index (κ2) is 5.14. The summed E-state index contributed by atoms with van der Waals surface area (Å²) in [6.45, 7) is 1.87. The SMILES string of the molecule is Cc1cc(-c2c(Cl)cc(Cl)c(Cl)c2Cl)ncc1N. The van der Waals surface area contributed by atoms with Crippen molar-refractivity contribution >= 4 is 52.1 Å². The summed E-state index contributed by atoms with van der Waals surface area (Å²) in [4.78, 5) is 4.21. The van der Waals surface area contributed by atoms with E-state index in [1.165, 1.54) is 0 Å². The Kier molecular flexibility index (Phi) is 3.93. The van der Waals surface area contributed by atoms with Crippen LogP contribution in [0.4, 0.5) is 5.69 Å². The number of aromatic nitrogens is 1. The Morgan fingerprint density at radius 3 is 2.28 bits per heavy atom. The second-order valence-corrected chi connectivity index (χ2v) is 5.34. The van der Waals surface area contributed by atoms with E-state index in [0.29, 0.717) is 27.0 Å². The summed E-state index contributed by atoms with van der Waals surface area (Å²) in [5, 5.41) is 1.24. The van der Waals surface area contributed by atoms with Gasteiger partial charge in [0.2, 0.25) is 0 Å². The second-order valence-electron chi connectivity index (χ2n) is 3.77. The lowest BCUT2D eigenvalue weighted by molar-refractivity contribution is 1.29. The first-order valence-electron chi connectivity index (χ1n) is 4.97. The first kappa shape index (κ1) is 13.8. The van der Waals surface area contributed by atoms with Crippen molar-refractivity contribution in [2.45, 2.75) is 6.92 Å². The molecule has 0 spiro atoms. The van der Waals surface area contributed by atoms with Crippen LogP contribution in [0, 0.1) is 6.92 Å². The summed E-state index contributed by atoms with van der Waals surface area (Å²) in [6, 6.07) is 3.34. The lowest BCUT2D eigenvalue weighted by Crippen LogP contribution is -1.94. The molecule has 18 heavy (non-hydrogen) atoms. The number of hydrogen-bond acceptors (Lipinski definition) is 2. The summed E-state index contributed by atoms with van der Waals surface area (Å²) in [5.41, 5.74) is 8.37. The van der Waals surface area contributed by atoms with Crippen molar-refractivity contribution in [1.29, 1.82) is 0 Å². The van der Waals surface area contributed by atoms with Gasteiger partial charge in [0.05, 0.1) is 37.7 Å². The van der Waals surface area contributed by atoms with Gasteiger partial charge in [0.15, 0.2) is 0 Å². The van der Waals surface area contributed by atoms with E-state index in [9.17, 15) is 0 Å². The number of anilines is 1. The number of benzene rings is 1. The summed E-state index contributed by atoms with van der Waals surface area (Å²) < 4.78 is 0. The van der Waals surface area contributed by atoms with Crippen molar-refractivity contribution in [2.24, 2.45) is 0 Å². The van der Waals surface area contributed by atoms with Gasteiger partial charge in [-0.1, -0.05) is 46.4 Å². The van der Waals surface area contributed by atoms with E-state index < -0.39 is 0 Å². The van der Waals surface area contributed by atoms with Gasteiger partial charge >= 0.3 is 0 Å². The Balaban J connectivity index is 2.71. The minimum absolute atomic E-state index is 0.258. The zero-order chi connectivity index (χ0) is 13.4. The van der Waals surface area contributed by atoms with E-state index >= 15 is 0 Å². The minimum atomic E-state index is 0.258. The third-order valence-corrected chi connectivity index (χ3v) is 4.08. The molecule has 0 saturated carbocycles. The average Bonchev–Trinajstić information content (AvgIpc) is 2.31. The molecule has 2 N–H and O–H groups in total. The predicted molar refractivity (Wildman–Crippen MR) is 78.9 cm³/mol. The molecule has 1 heterocycles. The minimum Gasteiger partial charge on any atom is -0.397 e. The van der Waals surface area contributed by atoms with Crippen molar-refractivity contribution in [3.63, 3.8) is 0 Å². The number of nitrogens with zero attached hydrogens (tertiary/aromatic N) is 1. The molecule has 0 aliphatic heterocycles. The van der Waals surface area contributed by atoms with Crippen molar-refractivity contribution < 1.29 is 0 Å². The molecule has 0 saturated heterocycles. The molecule has 0 atom stereocenters. The molecule has 94 valence electrons. The molecule has 2 aromatic rings. The van der Waals surface area contributed by atoms with Crippen molar-refractivity contribution in [3.05, 3.63) is 44.0 Å². The fourth-order valence-electron chi connectivity index (χ4n) is 1.50. The largest absolute Gasteiger partial charge is 0.397 e. The Bertz CT molecular complexity index is 626. The first-order chi connectivity index (χ1) is 8.41. The number of pyridine rings is 1.